The SMILES string of the molecule is O=c1c2ccccc2nc(CN2CCOCC2)n1Cc1nc(-c2cc(Cl)sc2Cl)cs1. The smallest absolute Gasteiger partial charge is 0.261 e. The Bertz CT molecular complexity index is 1290. The largest absolute Gasteiger partial charge is 0.379 e. The van der Waals surface area contributed by atoms with Crippen LogP contribution in [0.1, 0.15) is 10.8 Å². The predicted molar refractivity (Wildman–Crippen MR) is 127 cm³/mol. The lowest BCUT2D eigenvalue weighted by atomic mass is 10.2. The first kappa shape index (κ1) is 21.1. The van der Waals surface area contributed by atoms with Crippen molar-refractivity contribution in [2.24, 2.45) is 0 Å². The maximum Gasteiger partial charge on any atom is 0.261 e. The first-order valence-electron chi connectivity index (χ1n) is 9.76. The van der Waals surface area contributed by atoms with Gasteiger partial charge in [-0.05, 0) is 18.2 Å². The van der Waals surface area contributed by atoms with Crippen molar-refractivity contribution in [1.82, 2.24) is 19.4 Å². The maximum absolute atomic E-state index is 13.3. The van der Waals surface area contributed by atoms with Crippen molar-refractivity contribution < 1.29 is 4.74 Å². The van der Waals surface area contributed by atoms with Crippen LogP contribution >= 0.6 is 45.9 Å². The number of rotatable bonds is 5. The van der Waals surface area contributed by atoms with Gasteiger partial charge < -0.3 is 4.74 Å². The highest BCUT2D eigenvalue weighted by Gasteiger charge is 2.18. The van der Waals surface area contributed by atoms with Crippen LogP contribution in [0.15, 0.2) is 40.5 Å². The first-order chi connectivity index (χ1) is 15.1. The fourth-order valence-corrected chi connectivity index (χ4v) is 5.88. The Morgan fingerprint density at radius 1 is 1.10 bits per heavy atom. The third kappa shape index (κ3) is 4.41. The van der Waals surface area contributed by atoms with Gasteiger partial charge in [0.2, 0.25) is 0 Å². The van der Waals surface area contributed by atoms with Crippen LogP contribution in [0.2, 0.25) is 8.67 Å². The molecule has 0 amide bonds. The summed E-state index contributed by atoms with van der Waals surface area (Å²) >= 11 is 15.2. The normalized spacial score (nSPS) is 15.0. The number of fused-ring (bicyclic) bond motifs is 1. The van der Waals surface area contributed by atoms with E-state index in [1.807, 2.05) is 35.7 Å². The van der Waals surface area contributed by atoms with Gasteiger partial charge in [-0.2, -0.15) is 0 Å². The van der Waals surface area contributed by atoms with Crippen LogP contribution < -0.4 is 5.56 Å². The van der Waals surface area contributed by atoms with Crippen LogP contribution in [0, 0.1) is 0 Å². The van der Waals surface area contributed by atoms with Crippen LogP contribution in [-0.4, -0.2) is 45.7 Å². The summed E-state index contributed by atoms with van der Waals surface area (Å²) in [6, 6.07) is 9.29. The van der Waals surface area contributed by atoms with Gasteiger partial charge in [0.15, 0.2) is 0 Å². The number of morpholine rings is 1. The van der Waals surface area contributed by atoms with Gasteiger partial charge in [-0.25, -0.2) is 9.97 Å². The highest BCUT2D eigenvalue weighted by molar-refractivity contribution is 7.20. The Labute approximate surface area is 196 Å². The van der Waals surface area contributed by atoms with Gasteiger partial charge >= 0.3 is 0 Å². The molecule has 3 aromatic heterocycles. The van der Waals surface area contributed by atoms with Crippen molar-refractivity contribution in [2.75, 3.05) is 26.3 Å². The maximum atomic E-state index is 13.3. The zero-order valence-corrected chi connectivity index (χ0v) is 19.5. The second-order valence-electron chi connectivity index (χ2n) is 7.19. The van der Waals surface area contributed by atoms with Crippen molar-refractivity contribution in [2.45, 2.75) is 13.1 Å². The lowest BCUT2D eigenvalue weighted by Gasteiger charge is -2.27. The van der Waals surface area contributed by atoms with E-state index in [9.17, 15) is 4.79 Å². The van der Waals surface area contributed by atoms with Crippen LogP contribution in [0.25, 0.3) is 22.2 Å². The third-order valence-corrected chi connectivity index (χ3v) is 7.51. The molecule has 0 saturated carbocycles. The molecule has 31 heavy (non-hydrogen) atoms. The molecule has 4 aromatic rings. The van der Waals surface area contributed by atoms with Gasteiger partial charge in [-0.15, -0.1) is 22.7 Å². The van der Waals surface area contributed by atoms with E-state index in [-0.39, 0.29) is 5.56 Å². The zero-order chi connectivity index (χ0) is 21.4. The van der Waals surface area contributed by atoms with E-state index in [0.29, 0.717) is 45.9 Å². The average molecular weight is 493 g/mol. The van der Waals surface area contributed by atoms with Gasteiger partial charge in [0, 0.05) is 24.0 Å². The van der Waals surface area contributed by atoms with Crippen molar-refractivity contribution in [1.29, 1.82) is 0 Å². The highest BCUT2D eigenvalue weighted by atomic mass is 35.5. The molecule has 1 aliphatic rings. The van der Waals surface area contributed by atoms with E-state index >= 15 is 0 Å². The topological polar surface area (TPSA) is 60.3 Å². The lowest BCUT2D eigenvalue weighted by molar-refractivity contribution is 0.0325. The summed E-state index contributed by atoms with van der Waals surface area (Å²) in [5, 5.41) is 3.37. The van der Waals surface area contributed by atoms with Gasteiger partial charge in [0.05, 0.1) is 47.2 Å². The molecule has 1 fully saturated rings. The molecule has 1 saturated heterocycles. The molecule has 160 valence electrons. The summed E-state index contributed by atoms with van der Waals surface area (Å²) in [6.45, 7) is 3.97. The van der Waals surface area contributed by atoms with Gasteiger partial charge in [-0.3, -0.25) is 14.3 Å². The highest BCUT2D eigenvalue weighted by Crippen LogP contribution is 2.38. The Kier molecular flexibility index (Phi) is 6.10. The number of benzene rings is 1. The van der Waals surface area contributed by atoms with Crippen molar-refractivity contribution in [3.63, 3.8) is 0 Å². The molecule has 5 rings (SSSR count). The first-order valence-corrected chi connectivity index (χ1v) is 12.2. The Balaban J connectivity index is 1.52. The van der Waals surface area contributed by atoms with Crippen molar-refractivity contribution >= 4 is 56.8 Å². The summed E-state index contributed by atoms with van der Waals surface area (Å²) in [7, 11) is 0. The number of nitrogens with zero attached hydrogens (tertiary/aromatic N) is 4. The molecule has 0 N–H and O–H groups in total. The number of hydrogen-bond acceptors (Lipinski definition) is 7. The molecular weight excluding hydrogens is 475 g/mol. The molecule has 4 heterocycles. The Hall–Kier alpha value is -1.81. The Morgan fingerprint density at radius 3 is 2.68 bits per heavy atom. The quantitative estimate of drug-likeness (QED) is 0.401. The monoisotopic (exact) mass is 492 g/mol. The van der Waals surface area contributed by atoms with Gasteiger partial charge in [0.25, 0.3) is 5.56 Å². The number of ether oxygens (including phenoxy) is 1. The number of aromatic nitrogens is 3. The molecule has 0 radical (unpaired) electrons. The Morgan fingerprint density at radius 2 is 1.90 bits per heavy atom. The summed E-state index contributed by atoms with van der Waals surface area (Å²) in [6.07, 6.45) is 0. The van der Waals surface area contributed by atoms with E-state index in [0.717, 1.165) is 35.2 Å². The molecule has 6 nitrogen and oxygen atoms in total. The molecule has 0 aliphatic carbocycles. The average Bonchev–Trinajstić information content (AvgIpc) is 3.37. The van der Waals surface area contributed by atoms with Crippen LogP contribution in [0.4, 0.5) is 0 Å². The molecule has 0 atom stereocenters. The number of hydrogen-bond donors (Lipinski definition) is 0. The molecule has 10 heteroatoms. The third-order valence-electron chi connectivity index (χ3n) is 5.19. The minimum absolute atomic E-state index is 0.0535. The fourth-order valence-electron chi connectivity index (χ4n) is 3.61. The minimum atomic E-state index is -0.0535. The van der Waals surface area contributed by atoms with E-state index in [1.54, 1.807) is 4.57 Å². The lowest BCUT2D eigenvalue weighted by Crippen LogP contribution is -2.38. The second kappa shape index (κ2) is 8.97. The number of thiophene rings is 1. The van der Waals surface area contributed by atoms with Crippen molar-refractivity contribution in [3.8, 4) is 11.3 Å². The van der Waals surface area contributed by atoms with Crippen LogP contribution in [-0.2, 0) is 17.8 Å². The molecule has 1 aromatic carbocycles. The van der Waals surface area contributed by atoms with Gasteiger partial charge in [0.1, 0.15) is 15.2 Å². The van der Waals surface area contributed by atoms with Crippen LogP contribution in [0.5, 0.6) is 0 Å². The van der Waals surface area contributed by atoms with Gasteiger partial charge in [-0.1, -0.05) is 35.3 Å². The molecule has 0 spiro atoms. The van der Waals surface area contributed by atoms with E-state index < -0.39 is 0 Å². The predicted octanol–water partition coefficient (Wildman–Crippen LogP) is 4.77. The summed E-state index contributed by atoms with van der Waals surface area (Å²) in [5.41, 5.74) is 2.25. The fraction of sp³-hybridized carbons (Fsp3) is 0.286. The molecule has 0 bridgehead atoms. The van der Waals surface area contributed by atoms with Crippen molar-refractivity contribution in [3.05, 3.63) is 65.6 Å². The number of thiazole rings is 1. The van der Waals surface area contributed by atoms with E-state index in [4.69, 9.17) is 37.9 Å². The molecule has 1 aliphatic heterocycles. The summed E-state index contributed by atoms with van der Waals surface area (Å²) in [4.78, 5) is 25.2. The molecule has 0 unspecified atom stereocenters. The minimum Gasteiger partial charge on any atom is -0.379 e. The summed E-state index contributed by atoms with van der Waals surface area (Å²) in [5.74, 6) is 0.735. The van der Waals surface area contributed by atoms with E-state index in [1.165, 1.54) is 22.7 Å². The number of halogens is 2. The van der Waals surface area contributed by atoms with E-state index in [2.05, 4.69) is 4.90 Å². The standard InChI is InChI=1S/C21H18Cl2N4O2S2/c22-17-9-14(20(23)31-17)16-12-30-19(25-16)11-27-18(10-26-5-7-29-8-6-26)24-15-4-2-1-3-13(15)21(27)28/h1-4,9,12H,5-8,10-11H2. The summed E-state index contributed by atoms with van der Waals surface area (Å²) < 4.78 is 8.43. The zero-order valence-electron chi connectivity index (χ0n) is 16.4. The number of para-hydroxylation sites is 1. The second-order valence-corrected chi connectivity index (χ2v) is 10.4. The molecular formula is C21H18Cl2N4O2S2. The van der Waals surface area contributed by atoms with Crippen LogP contribution in [0.3, 0.4) is 0 Å².